The van der Waals surface area contributed by atoms with Crippen molar-refractivity contribution in [1.82, 2.24) is 10.2 Å². The van der Waals surface area contributed by atoms with E-state index in [2.05, 4.69) is 10.2 Å². The molecule has 2 unspecified atom stereocenters. The maximum absolute atomic E-state index is 12.1. The third-order valence-electron chi connectivity index (χ3n) is 3.42. The van der Waals surface area contributed by atoms with Crippen LogP contribution in [0, 0.1) is 5.92 Å². The molecule has 1 amide bonds. The molecule has 2 saturated heterocycles. The SMILES string of the molecule is CNC1CCCN(C(=O)C2CCSC2)C1. The van der Waals surface area contributed by atoms with Crippen LogP contribution >= 0.6 is 11.8 Å². The van der Waals surface area contributed by atoms with Gasteiger partial charge in [-0.1, -0.05) is 0 Å². The minimum Gasteiger partial charge on any atom is -0.341 e. The van der Waals surface area contributed by atoms with Gasteiger partial charge in [0.1, 0.15) is 0 Å². The van der Waals surface area contributed by atoms with E-state index in [1.807, 2.05) is 18.8 Å². The van der Waals surface area contributed by atoms with E-state index >= 15 is 0 Å². The molecule has 2 atom stereocenters. The standard InChI is InChI=1S/C11H20N2OS/c1-12-10-3-2-5-13(7-10)11(14)9-4-6-15-8-9/h9-10,12H,2-8H2,1H3. The molecule has 0 saturated carbocycles. The summed E-state index contributed by atoms with van der Waals surface area (Å²) in [6.45, 7) is 1.88. The quantitative estimate of drug-likeness (QED) is 0.764. The molecule has 3 nitrogen and oxygen atoms in total. The Labute approximate surface area is 96.0 Å². The Balaban J connectivity index is 1.88. The van der Waals surface area contributed by atoms with Crippen LogP contribution < -0.4 is 5.32 Å². The van der Waals surface area contributed by atoms with Crippen LogP contribution in [0.3, 0.4) is 0 Å². The zero-order valence-electron chi connectivity index (χ0n) is 9.37. The third kappa shape index (κ3) is 2.67. The van der Waals surface area contributed by atoms with E-state index in [4.69, 9.17) is 0 Å². The Morgan fingerprint density at radius 3 is 3.00 bits per heavy atom. The van der Waals surface area contributed by atoms with Crippen LogP contribution in [0.4, 0.5) is 0 Å². The van der Waals surface area contributed by atoms with E-state index in [-0.39, 0.29) is 0 Å². The third-order valence-corrected chi connectivity index (χ3v) is 4.58. The lowest BCUT2D eigenvalue weighted by molar-refractivity contribution is -0.136. The number of likely N-dealkylation sites (tertiary alicyclic amines) is 1. The number of thioether (sulfide) groups is 1. The van der Waals surface area contributed by atoms with Crippen molar-refractivity contribution < 1.29 is 4.79 Å². The Morgan fingerprint density at radius 1 is 1.47 bits per heavy atom. The topological polar surface area (TPSA) is 32.3 Å². The van der Waals surface area contributed by atoms with Crippen LogP contribution in [0.15, 0.2) is 0 Å². The largest absolute Gasteiger partial charge is 0.341 e. The van der Waals surface area contributed by atoms with Crippen molar-refractivity contribution in [3.8, 4) is 0 Å². The number of likely N-dealkylation sites (N-methyl/N-ethyl adjacent to an activating group) is 1. The van der Waals surface area contributed by atoms with Crippen LogP contribution in [0.1, 0.15) is 19.3 Å². The maximum atomic E-state index is 12.1. The van der Waals surface area contributed by atoms with Crippen LogP contribution in [-0.2, 0) is 4.79 Å². The van der Waals surface area contributed by atoms with Gasteiger partial charge in [-0.2, -0.15) is 11.8 Å². The summed E-state index contributed by atoms with van der Waals surface area (Å²) in [6.07, 6.45) is 3.45. The first-order valence-corrected chi connectivity index (χ1v) is 7.00. The molecule has 86 valence electrons. The van der Waals surface area contributed by atoms with Crippen molar-refractivity contribution in [2.75, 3.05) is 31.6 Å². The van der Waals surface area contributed by atoms with Gasteiger partial charge in [0.2, 0.25) is 5.91 Å². The van der Waals surface area contributed by atoms with Crippen molar-refractivity contribution in [3.63, 3.8) is 0 Å². The van der Waals surface area contributed by atoms with Crippen LogP contribution in [0.25, 0.3) is 0 Å². The summed E-state index contributed by atoms with van der Waals surface area (Å²) in [7, 11) is 1.99. The van der Waals surface area contributed by atoms with Crippen molar-refractivity contribution in [2.24, 2.45) is 5.92 Å². The molecule has 1 N–H and O–H groups in total. The van der Waals surface area contributed by atoms with Gasteiger partial charge >= 0.3 is 0 Å². The molecule has 15 heavy (non-hydrogen) atoms. The molecule has 2 aliphatic heterocycles. The molecule has 4 heteroatoms. The van der Waals surface area contributed by atoms with E-state index in [1.54, 1.807) is 0 Å². The summed E-state index contributed by atoms with van der Waals surface area (Å²) in [5, 5.41) is 3.28. The second-order valence-electron chi connectivity index (χ2n) is 4.47. The zero-order chi connectivity index (χ0) is 10.7. The monoisotopic (exact) mass is 228 g/mol. The molecule has 0 aromatic carbocycles. The summed E-state index contributed by atoms with van der Waals surface area (Å²) >= 11 is 1.92. The number of carbonyl (C=O) groups excluding carboxylic acids is 1. The summed E-state index contributed by atoms with van der Waals surface area (Å²) < 4.78 is 0. The van der Waals surface area contributed by atoms with Crippen molar-refractivity contribution in [2.45, 2.75) is 25.3 Å². The van der Waals surface area contributed by atoms with Gasteiger partial charge in [0.25, 0.3) is 0 Å². The van der Waals surface area contributed by atoms with E-state index in [9.17, 15) is 4.79 Å². The molecule has 0 aromatic heterocycles. The van der Waals surface area contributed by atoms with Crippen molar-refractivity contribution in [3.05, 3.63) is 0 Å². The Hall–Kier alpha value is -0.220. The Bertz CT molecular complexity index is 229. The molecule has 0 spiro atoms. The number of hydrogen-bond donors (Lipinski definition) is 1. The highest BCUT2D eigenvalue weighted by atomic mass is 32.2. The lowest BCUT2D eigenvalue weighted by Crippen LogP contribution is -2.48. The smallest absolute Gasteiger partial charge is 0.226 e. The van der Waals surface area contributed by atoms with Crippen molar-refractivity contribution in [1.29, 1.82) is 0 Å². The first-order valence-electron chi connectivity index (χ1n) is 5.85. The fourth-order valence-electron chi connectivity index (χ4n) is 2.40. The average molecular weight is 228 g/mol. The van der Waals surface area contributed by atoms with E-state index in [0.29, 0.717) is 17.9 Å². The average Bonchev–Trinajstić information content (AvgIpc) is 2.81. The van der Waals surface area contributed by atoms with Crippen LogP contribution in [0.5, 0.6) is 0 Å². The van der Waals surface area contributed by atoms with Crippen LogP contribution in [-0.4, -0.2) is 48.5 Å². The molecule has 2 fully saturated rings. The normalized spacial score (nSPS) is 31.9. The minimum atomic E-state index is 0.311. The van der Waals surface area contributed by atoms with Gasteiger partial charge in [-0.25, -0.2) is 0 Å². The van der Waals surface area contributed by atoms with Gasteiger partial charge < -0.3 is 10.2 Å². The maximum Gasteiger partial charge on any atom is 0.226 e. The molecule has 2 aliphatic rings. The summed E-state index contributed by atoms with van der Waals surface area (Å²) in [5.74, 6) is 2.92. The zero-order valence-corrected chi connectivity index (χ0v) is 10.2. The van der Waals surface area contributed by atoms with Gasteiger partial charge in [0, 0.05) is 30.8 Å². The lowest BCUT2D eigenvalue weighted by Gasteiger charge is -2.34. The molecule has 2 rings (SSSR count). The number of amides is 1. The van der Waals surface area contributed by atoms with Gasteiger partial charge in [-0.3, -0.25) is 4.79 Å². The van der Waals surface area contributed by atoms with E-state index in [1.165, 1.54) is 12.2 Å². The fraction of sp³-hybridized carbons (Fsp3) is 0.909. The van der Waals surface area contributed by atoms with Gasteiger partial charge in [-0.15, -0.1) is 0 Å². The number of carbonyl (C=O) groups is 1. The van der Waals surface area contributed by atoms with E-state index < -0.39 is 0 Å². The summed E-state index contributed by atoms with van der Waals surface area (Å²) in [6, 6.07) is 0.511. The Morgan fingerprint density at radius 2 is 2.33 bits per heavy atom. The number of piperidine rings is 1. The van der Waals surface area contributed by atoms with Crippen molar-refractivity contribution >= 4 is 17.7 Å². The Kier molecular flexibility index (Phi) is 3.92. The number of nitrogens with one attached hydrogen (secondary N) is 1. The van der Waals surface area contributed by atoms with Gasteiger partial charge in [0.15, 0.2) is 0 Å². The predicted octanol–water partition coefficient (Wildman–Crippen LogP) is 0.950. The van der Waals surface area contributed by atoms with E-state index in [0.717, 1.165) is 31.7 Å². The first-order chi connectivity index (χ1) is 7.31. The number of rotatable bonds is 2. The summed E-state index contributed by atoms with van der Waals surface area (Å²) in [4.78, 5) is 14.2. The van der Waals surface area contributed by atoms with Gasteiger partial charge in [-0.05, 0) is 32.1 Å². The molecule has 0 radical (unpaired) electrons. The van der Waals surface area contributed by atoms with Crippen LogP contribution in [0.2, 0.25) is 0 Å². The molecule has 2 heterocycles. The molecule has 0 bridgehead atoms. The number of hydrogen-bond acceptors (Lipinski definition) is 3. The molecular formula is C11H20N2OS. The molecule has 0 aromatic rings. The second-order valence-corrected chi connectivity index (χ2v) is 5.62. The lowest BCUT2D eigenvalue weighted by atomic mass is 10.0. The minimum absolute atomic E-state index is 0.311. The summed E-state index contributed by atoms with van der Waals surface area (Å²) in [5.41, 5.74) is 0. The first kappa shape index (κ1) is 11.3. The predicted molar refractivity (Wildman–Crippen MR) is 64.1 cm³/mol. The number of nitrogens with zero attached hydrogens (tertiary/aromatic N) is 1. The fourth-order valence-corrected chi connectivity index (χ4v) is 3.61. The second kappa shape index (κ2) is 5.21. The highest BCUT2D eigenvalue weighted by Gasteiger charge is 2.30. The highest BCUT2D eigenvalue weighted by Crippen LogP contribution is 2.26. The highest BCUT2D eigenvalue weighted by molar-refractivity contribution is 7.99. The van der Waals surface area contributed by atoms with Gasteiger partial charge in [0.05, 0.1) is 0 Å². The molecule has 0 aliphatic carbocycles. The molecular weight excluding hydrogens is 208 g/mol.